The van der Waals surface area contributed by atoms with Gasteiger partial charge in [0.05, 0.1) is 11.6 Å². The van der Waals surface area contributed by atoms with Gasteiger partial charge in [0.1, 0.15) is 5.82 Å². The zero-order chi connectivity index (χ0) is 11.3. The van der Waals surface area contributed by atoms with Crippen LogP contribution < -0.4 is 5.73 Å². The third-order valence-corrected chi connectivity index (χ3v) is 2.48. The average molecular weight is 232 g/mol. The number of benzene rings is 1. The summed E-state index contributed by atoms with van der Waals surface area (Å²) in [6.07, 6.45) is 1.51. The predicted octanol–water partition coefficient (Wildman–Crippen LogP) is 2.39. The molecule has 2 N–H and O–H groups in total. The van der Waals surface area contributed by atoms with Crippen molar-refractivity contribution in [2.45, 2.75) is 18.9 Å². The Hall–Kier alpha value is -0.640. The first kappa shape index (κ1) is 12.4. The number of aryl methyl sites for hydroxylation is 1. The minimum absolute atomic E-state index is 0.00580. The van der Waals surface area contributed by atoms with Crippen molar-refractivity contribution in [2.24, 2.45) is 5.73 Å². The number of methoxy groups -OCH3 is 1. The van der Waals surface area contributed by atoms with Crippen molar-refractivity contribution in [3.05, 3.63) is 34.6 Å². The molecule has 0 spiro atoms. The van der Waals surface area contributed by atoms with Gasteiger partial charge in [-0.2, -0.15) is 0 Å². The molecule has 0 saturated heterocycles. The number of halogens is 2. The van der Waals surface area contributed by atoms with Gasteiger partial charge in [-0.15, -0.1) is 0 Å². The van der Waals surface area contributed by atoms with Crippen LogP contribution in [0, 0.1) is 5.82 Å². The van der Waals surface area contributed by atoms with Gasteiger partial charge in [-0.05, 0) is 30.5 Å². The minimum atomic E-state index is -0.380. The standard InChI is InChI=1S/C11H15ClFNO/c1-15-7-9(14)4-2-8-3-5-10(12)11(13)6-8/h3,5-6,9H,2,4,7,14H2,1H3. The Bertz CT molecular complexity index is 319. The summed E-state index contributed by atoms with van der Waals surface area (Å²) in [5.41, 5.74) is 6.66. The lowest BCUT2D eigenvalue weighted by molar-refractivity contribution is 0.177. The number of hydrogen-bond acceptors (Lipinski definition) is 2. The molecule has 0 aliphatic rings. The van der Waals surface area contributed by atoms with E-state index in [2.05, 4.69) is 0 Å². The zero-order valence-corrected chi connectivity index (χ0v) is 9.43. The molecule has 84 valence electrons. The van der Waals surface area contributed by atoms with Crippen molar-refractivity contribution in [3.63, 3.8) is 0 Å². The zero-order valence-electron chi connectivity index (χ0n) is 8.67. The topological polar surface area (TPSA) is 35.2 Å². The molecule has 0 heterocycles. The minimum Gasteiger partial charge on any atom is -0.383 e. The maximum atomic E-state index is 13.1. The van der Waals surface area contributed by atoms with E-state index >= 15 is 0 Å². The van der Waals surface area contributed by atoms with Crippen LogP contribution in [-0.4, -0.2) is 19.8 Å². The molecule has 0 fully saturated rings. The second-order valence-corrected chi connectivity index (χ2v) is 3.91. The third kappa shape index (κ3) is 4.16. The van der Waals surface area contributed by atoms with Gasteiger partial charge in [0.25, 0.3) is 0 Å². The smallest absolute Gasteiger partial charge is 0.142 e. The third-order valence-electron chi connectivity index (χ3n) is 2.17. The van der Waals surface area contributed by atoms with Crippen LogP contribution in [0.15, 0.2) is 18.2 Å². The van der Waals surface area contributed by atoms with E-state index in [1.165, 1.54) is 6.07 Å². The van der Waals surface area contributed by atoms with Gasteiger partial charge in [-0.25, -0.2) is 4.39 Å². The van der Waals surface area contributed by atoms with E-state index in [1.807, 2.05) is 6.07 Å². The highest BCUT2D eigenvalue weighted by Gasteiger charge is 2.04. The van der Waals surface area contributed by atoms with E-state index < -0.39 is 0 Å². The fraction of sp³-hybridized carbons (Fsp3) is 0.455. The summed E-state index contributed by atoms with van der Waals surface area (Å²) in [5.74, 6) is -0.380. The van der Waals surface area contributed by atoms with Crippen molar-refractivity contribution in [1.82, 2.24) is 0 Å². The molecule has 1 aromatic carbocycles. The molecule has 0 aliphatic heterocycles. The molecule has 1 unspecified atom stereocenters. The maximum absolute atomic E-state index is 13.1. The molecule has 2 nitrogen and oxygen atoms in total. The second kappa shape index (κ2) is 6.05. The van der Waals surface area contributed by atoms with Crippen molar-refractivity contribution >= 4 is 11.6 Å². The SMILES string of the molecule is COCC(N)CCc1ccc(Cl)c(F)c1. The van der Waals surface area contributed by atoms with Crippen molar-refractivity contribution in [2.75, 3.05) is 13.7 Å². The summed E-state index contributed by atoms with van der Waals surface area (Å²) in [6, 6.07) is 4.81. The van der Waals surface area contributed by atoms with Crippen LogP contribution in [0.3, 0.4) is 0 Å². The lowest BCUT2D eigenvalue weighted by Crippen LogP contribution is -2.26. The quantitative estimate of drug-likeness (QED) is 0.845. The van der Waals surface area contributed by atoms with Crippen LogP contribution in [0.25, 0.3) is 0 Å². The Labute approximate surface area is 94.2 Å². The number of ether oxygens (including phenoxy) is 1. The second-order valence-electron chi connectivity index (χ2n) is 3.50. The van der Waals surface area contributed by atoms with Gasteiger partial charge in [0.15, 0.2) is 0 Å². The first-order valence-electron chi connectivity index (χ1n) is 4.82. The van der Waals surface area contributed by atoms with Crippen LogP contribution >= 0.6 is 11.6 Å². The summed E-state index contributed by atoms with van der Waals surface area (Å²) in [5, 5.41) is 0.153. The van der Waals surface area contributed by atoms with Gasteiger partial charge in [0.2, 0.25) is 0 Å². The van der Waals surface area contributed by atoms with Crippen LogP contribution in [0.2, 0.25) is 5.02 Å². The molecular weight excluding hydrogens is 217 g/mol. The molecule has 0 radical (unpaired) electrons. The fourth-order valence-electron chi connectivity index (χ4n) is 1.34. The number of rotatable bonds is 5. The summed E-state index contributed by atoms with van der Waals surface area (Å²) in [6.45, 7) is 0.524. The lowest BCUT2D eigenvalue weighted by Gasteiger charge is -2.10. The first-order valence-corrected chi connectivity index (χ1v) is 5.19. The largest absolute Gasteiger partial charge is 0.383 e. The average Bonchev–Trinajstić information content (AvgIpc) is 2.20. The maximum Gasteiger partial charge on any atom is 0.142 e. The van der Waals surface area contributed by atoms with Crippen LogP contribution in [0.5, 0.6) is 0 Å². The molecular formula is C11H15ClFNO. The van der Waals surface area contributed by atoms with Crippen molar-refractivity contribution in [1.29, 1.82) is 0 Å². The van der Waals surface area contributed by atoms with E-state index in [4.69, 9.17) is 22.1 Å². The highest BCUT2D eigenvalue weighted by Crippen LogP contribution is 2.16. The van der Waals surface area contributed by atoms with Gasteiger partial charge in [-0.1, -0.05) is 17.7 Å². The molecule has 0 aromatic heterocycles. The molecule has 1 atom stereocenters. The predicted molar refractivity (Wildman–Crippen MR) is 59.6 cm³/mol. The summed E-state index contributed by atoms with van der Waals surface area (Å²) in [4.78, 5) is 0. The summed E-state index contributed by atoms with van der Waals surface area (Å²) in [7, 11) is 1.61. The fourth-order valence-corrected chi connectivity index (χ4v) is 1.46. The van der Waals surface area contributed by atoms with E-state index in [-0.39, 0.29) is 16.9 Å². The van der Waals surface area contributed by atoms with Gasteiger partial charge in [0, 0.05) is 13.2 Å². The Morgan fingerprint density at radius 3 is 2.87 bits per heavy atom. The van der Waals surface area contributed by atoms with Crippen molar-refractivity contribution in [3.8, 4) is 0 Å². The Morgan fingerprint density at radius 1 is 1.53 bits per heavy atom. The van der Waals surface area contributed by atoms with E-state index in [1.54, 1.807) is 13.2 Å². The Kier molecular flexibility index (Phi) is 5.02. The highest BCUT2D eigenvalue weighted by molar-refractivity contribution is 6.30. The highest BCUT2D eigenvalue weighted by atomic mass is 35.5. The lowest BCUT2D eigenvalue weighted by atomic mass is 10.1. The summed E-state index contributed by atoms with van der Waals surface area (Å²) >= 11 is 5.57. The van der Waals surface area contributed by atoms with Gasteiger partial charge in [-0.3, -0.25) is 0 Å². The van der Waals surface area contributed by atoms with Gasteiger partial charge < -0.3 is 10.5 Å². The molecule has 15 heavy (non-hydrogen) atoms. The first-order chi connectivity index (χ1) is 7.13. The molecule has 0 amide bonds. The molecule has 1 aromatic rings. The van der Waals surface area contributed by atoms with Crippen LogP contribution in [0.1, 0.15) is 12.0 Å². The molecule has 1 rings (SSSR count). The summed E-state index contributed by atoms with van der Waals surface area (Å²) < 4.78 is 18.0. The van der Waals surface area contributed by atoms with E-state index in [0.29, 0.717) is 6.61 Å². The van der Waals surface area contributed by atoms with E-state index in [0.717, 1.165) is 18.4 Å². The monoisotopic (exact) mass is 231 g/mol. The molecule has 0 aliphatic carbocycles. The molecule has 0 bridgehead atoms. The van der Waals surface area contributed by atoms with Crippen LogP contribution in [-0.2, 0) is 11.2 Å². The normalized spacial score (nSPS) is 12.8. The van der Waals surface area contributed by atoms with Crippen molar-refractivity contribution < 1.29 is 9.13 Å². The Balaban J connectivity index is 2.47. The molecule has 4 heteroatoms. The number of nitrogens with two attached hydrogens (primary N) is 1. The van der Waals surface area contributed by atoms with Gasteiger partial charge >= 0.3 is 0 Å². The Morgan fingerprint density at radius 2 is 2.27 bits per heavy atom. The van der Waals surface area contributed by atoms with E-state index in [9.17, 15) is 4.39 Å². The van der Waals surface area contributed by atoms with Crippen LogP contribution in [0.4, 0.5) is 4.39 Å². The molecule has 0 saturated carbocycles. The number of hydrogen-bond donors (Lipinski definition) is 1.